The van der Waals surface area contributed by atoms with E-state index in [1.807, 2.05) is 0 Å². The van der Waals surface area contributed by atoms with Gasteiger partial charge in [0.25, 0.3) is 0 Å². The second-order valence-corrected chi connectivity index (χ2v) is 6.94. The van der Waals surface area contributed by atoms with Crippen molar-refractivity contribution in [1.82, 2.24) is 0 Å². The zero-order valence-electron chi connectivity index (χ0n) is 13.6. The quantitative estimate of drug-likeness (QED) is 0.871. The van der Waals surface area contributed by atoms with E-state index in [2.05, 4.69) is 24.3 Å². The highest BCUT2D eigenvalue weighted by Crippen LogP contribution is 2.32. The Kier molecular flexibility index (Phi) is 5.88. The molecule has 1 aliphatic carbocycles. The molecule has 1 aromatic carbocycles. The van der Waals surface area contributed by atoms with Gasteiger partial charge in [-0.2, -0.15) is 0 Å². The maximum absolute atomic E-state index is 10.3. The van der Waals surface area contributed by atoms with Crippen LogP contribution in [0.25, 0.3) is 0 Å². The first-order valence-corrected chi connectivity index (χ1v) is 9.04. The standard InChI is InChI=1S/C19H29NO2/c21-17(14-20-12-5-1-2-6-13-20)15-22-19-11-7-9-16-8-3-4-10-18(16)19/h3-4,8,10,17,19,21H,1-2,5-7,9,11-15H2/p+1/t17-,19-/m0/s1. The molecular formula is C19H30NO2+. The summed E-state index contributed by atoms with van der Waals surface area (Å²) >= 11 is 0. The third-order valence-corrected chi connectivity index (χ3v) is 5.14. The lowest BCUT2D eigenvalue weighted by molar-refractivity contribution is -0.902. The van der Waals surface area contributed by atoms with E-state index in [1.165, 1.54) is 56.3 Å². The maximum atomic E-state index is 10.3. The molecule has 0 saturated carbocycles. The minimum Gasteiger partial charge on any atom is -0.385 e. The number of benzene rings is 1. The smallest absolute Gasteiger partial charge is 0.126 e. The number of aliphatic hydroxyl groups excluding tert-OH is 1. The Labute approximate surface area is 134 Å². The van der Waals surface area contributed by atoms with E-state index in [-0.39, 0.29) is 12.2 Å². The number of nitrogens with one attached hydrogen (secondary N) is 1. The zero-order valence-corrected chi connectivity index (χ0v) is 13.6. The highest BCUT2D eigenvalue weighted by atomic mass is 16.5. The van der Waals surface area contributed by atoms with Crippen LogP contribution in [0.3, 0.4) is 0 Å². The average Bonchev–Trinajstić information content (AvgIpc) is 2.81. The minimum absolute atomic E-state index is 0.179. The molecule has 1 aliphatic heterocycles. The normalized spacial score (nSPS) is 24.5. The summed E-state index contributed by atoms with van der Waals surface area (Å²) in [7, 11) is 0. The number of ether oxygens (including phenoxy) is 1. The van der Waals surface area contributed by atoms with E-state index < -0.39 is 0 Å². The summed E-state index contributed by atoms with van der Waals surface area (Å²) in [5.74, 6) is 0. The van der Waals surface area contributed by atoms with Crippen molar-refractivity contribution >= 4 is 0 Å². The lowest BCUT2D eigenvalue weighted by Gasteiger charge is -2.27. The zero-order chi connectivity index (χ0) is 15.2. The molecule has 1 fully saturated rings. The molecule has 0 amide bonds. The fourth-order valence-corrected chi connectivity index (χ4v) is 3.93. The van der Waals surface area contributed by atoms with Crippen molar-refractivity contribution in [2.45, 2.75) is 57.2 Å². The molecule has 2 aliphatic rings. The molecule has 0 unspecified atom stereocenters. The van der Waals surface area contributed by atoms with Crippen LogP contribution in [0.15, 0.2) is 24.3 Å². The number of hydrogen-bond donors (Lipinski definition) is 2. The van der Waals surface area contributed by atoms with Gasteiger partial charge in [0.1, 0.15) is 12.6 Å². The number of aryl methyl sites for hydroxylation is 1. The van der Waals surface area contributed by atoms with Crippen LogP contribution >= 0.6 is 0 Å². The van der Waals surface area contributed by atoms with Crippen LogP contribution in [-0.4, -0.2) is 37.5 Å². The van der Waals surface area contributed by atoms with Crippen LogP contribution in [0.4, 0.5) is 0 Å². The minimum atomic E-state index is -0.331. The largest absolute Gasteiger partial charge is 0.385 e. The Morgan fingerprint density at radius 2 is 1.86 bits per heavy atom. The van der Waals surface area contributed by atoms with Gasteiger partial charge in [0, 0.05) is 0 Å². The second-order valence-electron chi connectivity index (χ2n) is 6.94. The Bertz CT molecular complexity index is 455. The second kappa shape index (κ2) is 8.09. The molecule has 2 N–H and O–H groups in total. The fraction of sp³-hybridized carbons (Fsp3) is 0.684. The molecule has 1 saturated heterocycles. The first kappa shape index (κ1) is 16.0. The molecule has 122 valence electrons. The van der Waals surface area contributed by atoms with E-state index >= 15 is 0 Å². The molecule has 2 atom stereocenters. The summed E-state index contributed by atoms with van der Waals surface area (Å²) in [6, 6.07) is 8.60. The Morgan fingerprint density at radius 1 is 1.09 bits per heavy atom. The van der Waals surface area contributed by atoms with Crippen LogP contribution in [-0.2, 0) is 11.2 Å². The highest BCUT2D eigenvalue weighted by molar-refractivity contribution is 5.31. The first-order chi connectivity index (χ1) is 10.8. The van der Waals surface area contributed by atoms with Gasteiger partial charge in [-0.15, -0.1) is 0 Å². The predicted molar refractivity (Wildman–Crippen MR) is 88.1 cm³/mol. The molecule has 22 heavy (non-hydrogen) atoms. The lowest BCUT2D eigenvalue weighted by Crippen LogP contribution is -3.13. The Morgan fingerprint density at radius 3 is 2.68 bits per heavy atom. The Balaban J connectivity index is 1.48. The topological polar surface area (TPSA) is 33.9 Å². The molecular weight excluding hydrogens is 274 g/mol. The van der Waals surface area contributed by atoms with Crippen molar-refractivity contribution in [3.8, 4) is 0 Å². The number of hydrogen-bond acceptors (Lipinski definition) is 2. The van der Waals surface area contributed by atoms with Crippen LogP contribution in [0.5, 0.6) is 0 Å². The van der Waals surface area contributed by atoms with E-state index in [0.29, 0.717) is 6.61 Å². The number of aliphatic hydroxyl groups is 1. The van der Waals surface area contributed by atoms with Gasteiger partial charge in [0.05, 0.1) is 25.8 Å². The maximum Gasteiger partial charge on any atom is 0.126 e. The van der Waals surface area contributed by atoms with E-state index in [1.54, 1.807) is 4.90 Å². The number of fused-ring (bicyclic) bond motifs is 1. The third kappa shape index (κ3) is 4.31. The molecule has 0 aromatic heterocycles. The monoisotopic (exact) mass is 304 g/mol. The van der Waals surface area contributed by atoms with Gasteiger partial charge >= 0.3 is 0 Å². The Hall–Kier alpha value is -0.900. The van der Waals surface area contributed by atoms with Crippen LogP contribution in [0, 0.1) is 0 Å². The van der Waals surface area contributed by atoms with E-state index in [9.17, 15) is 5.11 Å². The van der Waals surface area contributed by atoms with Crippen LogP contribution in [0.2, 0.25) is 0 Å². The highest BCUT2D eigenvalue weighted by Gasteiger charge is 2.23. The SMILES string of the molecule is O[C@H](CO[C@H]1CCCc2ccccc21)C[NH+]1CCCCCC1. The molecule has 3 rings (SSSR count). The molecule has 0 spiro atoms. The fourth-order valence-electron chi connectivity index (χ4n) is 3.93. The molecule has 3 nitrogen and oxygen atoms in total. The summed E-state index contributed by atoms with van der Waals surface area (Å²) in [5, 5.41) is 10.3. The van der Waals surface area contributed by atoms with Crippen LogP contribution in [0.1, 0.15) is 55.8 Å². The predicted octanol–water partition coefficient (Wildman–Crippen LogP) is 1.90. The first-order valence-electron chi connectivity index (χ1n) is 9.04. The van der Waals surface area contributed by atoms with Crippen LogP contribution < -0.4 is 4.90 Å². The van der Waals surface area contributed by atoms with Crippen molar-refractivity contribution in [1.29, 1.82) is 0 Å². The van der Waals surface area contributed by atoms with Crippen molar-refractivity contribution in [2.75, 3.05) is 26.2 Å². The van der Waals surface area contributed by atoms with E-state index in [0.717, 1.165) is 19.4 Å². The van der Waals surface area contributed by atoms with Gasteiger partial charge in [-0.05, 0) is 56.1 Å². The van der Waals surface area contributed by atoms with E-state index in [4.69, 9.17) is 4.74 Å². The van der Waals surface area contributed by atoms with Gasteiger partial charge in [0.2, 0.25) is 0 Å². The summed E-state index contributed by atoms with van der Waals surface area (Å²) in [6.45, 7) is 3.74. The van der Waals surface area contributed by atoms with Gasteiger partial charge in [0.15, 0.2) is 0 Å². The average molecular weight is 304 g/mol. The number of likely N-dealkylation sites (tertiary alicyclic amines) is 1. The number of quaternary nitrogens is 1. The molecule has 1 aromatic rings. The van der Waals surface area contributed by atoms with Gasteiger partial charge in [-0.1, -0.05) is 24.3 Å². The molecule has 1 heterocycles. The van der Waals surface area contributed by atoms with Crippen molar-refractivity contribution in [2.24, 2.45) is 0 Å². The molecule has 3 heteroatoms. The number of rotatable bonds is 5. The molecule has 0 bridgehead atoms. The van der Waals surface area contributed by atoms with Crippen molar-refractivity contribution in [3.63, 3.8) is 0 Å². The van der Waals surface area contributed by atoms with Gasteiger partial charge < -0.3 is 14.7 Å². The van der Waals surface area contributed by atoms with Crippen molar-refractivity contribution < 1.29 is 14.7 Å². The third-order valence-electron chi connectivity index (χ3n) is 5.14. The van der Waals surface area contributed by atoms with Crippen molar-refractivity contribution in [3.05, 3.63) is 35.4 Å². The summed E-state index contributed by atoms with van der Waals surface area (Å²) in [4.78, 5) is 1.55. The lowest BCUT2D eigenvalue weighted by atomic mass is 9.89. The van der Waals surface area contributed by atoms with Gasteiger partial charge in [-0.3, -0.25) is 0 Å². The summed E-state index contributed by atoms with van der Waals surface area (Å²) in [5.41, 5.74) is 2.76. The summed E-state index contributed by atoms with van der Waals surface area (Å²) < 4.78 is 6.08. The molecule has 0 radical (unpaired) electrons. The summed E-state index contributed by atoms with van der Waals surface area (Å²) in [6.07, 6.45) is 8.61. The van der Waals surface area contributed by atoms with Gasteiger partial charge in [-0.25, -0.2) is 0 Å².